The molecule has 0 bridgehead atoms. The first-order valence-corrected chi connectivity index (χ1v) is 5.87. The lowest BCUT2D eigenvalue weighted by Gasteiger charge is -2.15. The Hall–Kier alpha value is -1.54. The van der Waals surface area contributed by atoms with Gasteiger partial charge in [0.1, 0.15) is 5.75 Å². The molecule has 0 fully saturated rings. The summed E-state index contributed by atoms with van der Waals surface area (Å²) in [5.74, 6) is 1.06. The van der Waals surface area contributed by atoms with Crippen LogP contribution in [0, 0.1) is 5.92 Å². The molecule has 0 saturated carbocycles. The summed E-state index contributed by atoms with van der Waals surface area (Å²) in [6.07, 6.45) is -0.411. The summed E-state index contributed by atoms with van der Waals surface area (Å²) < 4.78 is 5.21. The van der Waals surface area contributed by atoms with E-state index in [1.165, 1.54) is 0 Å². The Labute approximate surface area is 102 Å². The predicted octanol–water partition coefficient (Wildman–Crippen LogP) is 3.54. The third-order valence-corrected chi connectivity index (χ3v) is 3.04. The summed E-state index contributed by atoms with van der Waals surface area (Å²) in [6.45, 7) is 4.03. The van der Waals surface area contributed by atoms with Crippen LogP contribution in [-0.4, -0.2) is 12.2 Å². The van der Waals surface area contributed by atoms with Gasteiger partial charge >= 0.3 is 0 Å². The average molecular weight is 230 g/mol. The summed E-state index contributed by atoms with van der Waals surface area (Å²) in [6, 6.07) is 12.0. The molecular formula is C15H18O2. The zero-order chi connectivity index (χ0) is 12.4. The molecule has 17 heavy (non-hydrogen) atoms. The molecule has 1 N–H and O–H groups in total. The summed E-state index contributed by atoms with van der Waals surface area (Å²) in [5.41, 5.74) is 0.959. The molecule has 0 amide bonds. The topological polar surface area (TPSA) is 29.5 Å². The van der Waals surface area contributed by atoms with Crippen molar-refractivity contribution in [2.45, 2.75) is 20.0 Å². The van der Waals surface area contributed by atoms with Crippen LogP contribution in [-0.2, 0) is 0 Å². The lowest BCUT2D eigenvalue weighted by molar-refractivity contribution is 0.127. The minimum atomic E-state index is -0.411. The Balaban J connectivity index is 2.48. The molecule has 0 aromatic heterocycles. The van der Waals surface area contributed by atoms with Crippen LogP contribution in [0.2, 0.25) is 0 Å². The third-order valence-electron chi connectivity index (χ3n) is 3.04. The fourth-order valence-electron chi connectivity index (χ4n) is 1.94. The highest BCUT2D eigenvalue weighted by Gasteiger charge is 2.12. The second-order valence-electron chi connectivity index (χ2n) is 4.66. The van der Waals surface area contributed by atoms with Crippen LogP contribution in [0.15, 0.2) is 36.4 Å². The number of methoxy groups -OCH3 is 1. The summed E-state index contributed by atoms with van der Waals surface area (Å²) in [4.78, 5) is 0. The lowest BCUT2D eigenvalue weighted by Crippen LogP contribution is -2.04. The molecule has 0 heterocycles. The second kappa shape index (κ2) is 4.76. The fourth-order valence-corrected chi connectivity index (χ4v) is 1.94. The van der Waals surface area contributed by atoms with Crippen LogP contribution >= 0.6 is 0 Å². The molecule has 0 aliphatic rings. The second-order valence-corrected chi connectivity index (χ2v) is 4.66. The van der Waals surface area contributed by atoms with Gasteiger partial charge in [0.2, 0.25) is 0 Å². The molecular weight excluding hydrogens is 212 g/mol. The first-order chi connectivity index (χ1) is 8.11. The van der Waals surface area contributed by atoms with E-state index in [9.17, 15) is 5.11 Å². The van der Waals surface area contributed by atoms with Crippen molar-refractivity contribution in [1.82, 2.24) is 0 Å². The monoisotopic (exact) mass is 230 g/mol. The number of aliphatic hydroxyl groups is 1. The molecule has 2 rings (SSSR count). The van der Waals surface area contributed by atoms with Crippen LogP contribution in [0.4, 0.5) is 0 Å². The van der Waals surface area contributed by atoms with E-state index in [0.29, 0.717) is 0 Å². The van der Waals surface area contributed by atoms with Gasteiger partial charge in [0, 0.05) is 0 Å². The SMILES string of the molecule is COc1ccc2ccc(C(O)C(C)C)cc2c1. The van der Waals surface area contributed by atoms with Gasteiger partial charge in [-0.25, -0.2) is 0 Å². The van der Waals surface area contributed by atoms with Gasteiger partial charge < -0.3 is 9.84 Å². The van der Waals surface area contributed by atoms with Crippen molar-refractivity contribution in [3.05, 3.63) is 42.0 Å². The van der Waals surface area contributed by atoms with Crippen molar-refractivity contribution in [2.75, 3.05) is 7.11 Å². The Kier molecular flexibility index (Phi) is 3.34. The number of hydrogen-bond acceptors (Lipinski definition) is 2. The molecule has 90 valence electrons. The molecule has 0 aliphatic heterocycles. The fraction of sp³-hybridized carbons (Fsp3) is 0.333. The zero-order valence-corrected chi connectivity index (χ0v) is 10.5. The van der Waals surface area contributed by atoms with E-state index in [0.717, 1.165) is 22.1 Å². The van der Waals surface area contributed by atoms with E-state index in [4.69, 9.17) is 4.74 Å². The van der Waals surface area contributed by atoms with Crippen molar-refractivity contribution >= 4 is 10.8 Å². The predicted molar refractivity (Wildman–Crippen MR) is 70.3 cm³/mol. The molecule has 1 unspecified atom stereocenters. The van der Waals surface area contributed by atoms with Gasteiger partial charge in [-0.2, -0.15) is 0 Å². The molecule has 1 atom stereocenters. The molecule has 0 spiro atoms. The summed E-state index contributed by atoms with van der Waals surface area (Å²) >= 11 is 0. The van der Waals surface area contributed by atoms with E-state index in [1.807, 2.05) is 50.2 Å². The maximum absolute atomic E-state index is 10.1. The third kappa shape index (κ3) is 2.42. The lowest BCUT2D eigenvalue weighted by atomic mass is 9.96. The smallest absolute Gasteiger partial charge is 0.119 e. The van der Waals surface area contributed by atoms with E-state index in [-0.39, 0.29) is 5.92 Å². The Bertz CT molecular complexity index is 517. The van der Waals surface area contributed by atoms with Crippen LogP contribution in [0.25, 0.3) is 10.8 Å². The molecule has 0 aliphatic carbocycles. The molecule has 2 nitrogen and oxygen atoms in total. The summed E-state index contributed by atoms with van der Waals surface area (Å²) in [7, 11) is 1.66. The van der Waals surface area contributed by atoms with Gasteiger partial charge in [-0.15, -0.1) is 0 Å². The number of fused-ring (bicyclic) bond motifs is 1. The standard InChI is InChI=1S/C15H18O2/c1-10(2)15(16)12-5-4-11-6-7-14(17-3)9-13(11)8-12/h4-10,15-16H,1-3H3. The largest absolute Gasteiger partial charge is 0.497 e. The molecule has 2 aromatic carbocycles. The zero-order valence-electron chi connectivity index (χ0n) is 10.5. The molecule has 0 saturated heterocycles. The van der Waals surface area contributed by atoms with Gasteiger partial charge in [0.05, 0.1) is 13.2 Å². The van der Waals surface area contributed by atoms with Gasteiger partial charge in [-0.1, -0.05) is 32.0 Å². The van der Waals surface area contributed by atoms with Gasteiger partial charge in [0.25, 0.3) is 0 Å². The average Bonchev–Trinajstić information content (AvgIpc) is 2.36. The molecule has 2 heteroatoms. The normalized spacial score (nSPS) is 13.0. The van der Waals surface area contributed by atoms with Crippen LogP contribution < -0.4 is 4.74 Å². The van der Waals surface area contributed by atoms with E-state index >= 15 is 0 Å². The molecule has 2 aromatic rings. The number of ether oxygens (including phenoxy) is 1. The van der Waals surface area contributed by atoms with Crippen molar-refractivity contribution in [3.63, 3.8) is 0 Å². The molecule has 0 radical (unpaired) electrons. The summed E-state index contributed by atoms with van der Waals surface area (Å²) in [5, 5.41) is 12.3. The minimum absolute atomic E-state index is 0.220. The first kappa shape index (κ1) is 11.9. The van der Waals surface area contributed by atoms with Crippen LogP contribution in [0.5, 0.6) is 5.75 Å². The van der Waals surface area contributed by atoms with Crippen molar-refractivity contribution in [3.8, 4) is 5.75 Å². The Morgan fingerprint density at radius 1 is 1.00 bits per heavy atom. The van der Waals surface area contributed by atoms with E-state index < -0.39 is 6.10 Å². The highest BCUT2D eigenvalue weighted by atomic mass is 16.5. The van der Waals surface area contributed by atoms with Gasteiger partial charge in [-0.05, 0) is 40.5 Å². The first-order valence-electron chi connectivity index (χ1n) is 5.87. The number of aliphatic hydroxyl groups excluding tert-OH is 1. The minimum Gasteiger partial charge on any atom is -0.497 e. The van der Waals surface area contributed by atoms with Crippen molar-refractivity contribution in [1.29, 1.82) is 0 Å². The number of benzene rings is 2. The highest BCUT2D eigenvalue weighted by Crippen LogP contribution is 2.27. The Morgan fingerprint density at radius 2 is 1.71 bits per heavy atom. The maximum Gasteiger partial charge on any atom is 0.119 e. The highest BCUT2D eigenvalue weighted by molar-refractivity contribution is 5.84. The number of rotatable bonds is 3. The van der Waals surface area contributed by atoms with E-state index in [1.54, 1.807) is 7.11 Å². The quantitative estimate of drug-likeness (QED) is 0.874. The van der Waals surface area contributed by atoms with Gasteiger partial charge in [-0.3, -0.25) is 0 Å². The van der Waals surface area contributed by atoms with Crippen molar-refractivity contribution < 1.29 is 9.84 Å². The van der Waals surface area contributed by atoms with Crippen LogP contribution in [0.1, 0.15) is 25.5 Å². The Morgan fingerprint density at radius 3 is 2.35 bits per heavy atom. The van der Waals surface area contributed by atoms with E-state index in [2.05, 4.69) is 0 Å². The van der Waals surface area contributed by atoms with Crippen LogP contribution in [0.3, 0.4) is 0 Å². The number of hydrogen-bond donors (Lipinski definition) is 1. The van der Waals surface area contributed by atoms with Gasteiger partial charge in [0.15, 0.2) is 0 Å². The maximum atomic E-state index is 10.1. The van der Waals surface area contributed by atoms with Crippen molar-refractivity contribution in [2.24, 2.45) is 5.92 Å².